The molecule has 1 amide bonds. The molecule has 3 N–H and O–H groups in total. The van der Waals surface area contributed by atoms with Crippen molar-refractivity contribution in [3.63, 3.8) is 0 Å². The fraction of sp³-hybridized carbons (Fsp3) is 0.500. The minimum absolute atomic E-state index is 0.0948. The standard InChI is InChI=1S/C14H21BN2O5/c1-3-16-7-6-10(2)8-13(18)17-12-5-4-11(9-14(19)20)22-15(12)21/h3,6-7,11-12,21H,2,4-5,8-9H2,1H3,(H,17,18)(H,19,20)/b7-6-,16-3-/t11-,12-/m0/s1. The Hall–Kier alpha value is -1.93. The number of carboxylic acids is 1. The first kappa shape index (κ1) is 18.1. The summed E-state index contributed by atoms with van der Waals surface area (Å²) in [6, 6.07) is 0. The molecular formula is C14H21BN2O5. The van der Waals surface area contributed by atoms with Crippen molar-refractivity contribution in [2.75, 3.05) is 0 Å². The van der Waals surface area contributed by atoms with Crippen LogP contribution in [0, 0.1) is 0 Å². The van der Waals surface area contributed by atoms with E-state index in [1.807, 2.05) is 0 Å². The minimum atomic E-state index is -1.20. The Morgan fingerprint density at radius 3 is 2.82 bits per heavy atom. The third-order valence-corrected chi connectivity index (χ3v) is 3.16. The lowest BCUT2D eigenvalue weighted by atomic mass is 9.72. The van der Waals surface area contributed by atoms with E-state index in [9.17, 15) is 14.6 Å². The van der Waals surface area contributed by atoms with Gasteiger partial charge in [0.15, 0.2) is 0 Å². The van der Waals surface area contributed by atoms with E-state index in [1.54, 1.807) is 25.4 Å². The number of rotatable bonds is 7. The molecule has 0 aromatic carbocycles. The maximum atomic E-state index is 11.9. The molecule has 22 heavy (non-hydrogen) atoms. The SMILES string of the molecule is C=C(/C=C\N=C/C)CC(=O)N[C@H]1CC[C@@H](CC(=O)O)OB1O. The first-order valence-electron chi connectivity index (χ1n) is 7.09. The number of nitrogens with one attached hydrogen (secondary N) is 1. The molecule has 8 heteroatoms. The summed E-state index contributed by atoms with van der Waals surface area (Å²) in [5.74, 6) is -1.79. The molecule has 1 aliphatic rings. The highest BCUT2D eigenvalue weighted by molar-refractivity contribution is 6.45. The average molecular weight is 308 g/mol. The van der Waals surface area contributed by atoms with Crippen LogP contribution in [0.2, 0.25) is 0 Å². The lowest BCUT2D eigenvalue weighted by molar-refractivity contribution is -0.139. The summed E-state index contributed by atoms with van der Waals surface area (Å²) in [6.07, 6.45) is 5.15. The van der Waals surface area contributed by atoms with Crippen LogP contribution in [0.1, 0.15) is 32.6 Å². The lowest BCUT2D eigenvalue weighted by Crippen LogP contribution is -2.52. The Balaban J connectivity index is 2.39. The van der Waals surface area contributed by atoms with E-state index in [0.29, 0.717) is 18.4 Å². The van der Waals surface area contributed by atoms with Crippen molar-refractivity contribution in [1.29, 1.82) is 0 Å². The van der Waals surface area contributed by atoms with Gasteiger partial charge in [0.1, 0.15) is 0 Å². The van der Waals surface area contributed by atoms with Crippen molar-refractivity contribution in [1.82, 2.24) is 5.32 Å². The molecule has 1 rings (SSSR count). The quantitative estimate of drug-likeness (QED) is 0.364. The van der Waals surface area contributed by atoms with E-state index in [-0.39, 0.29) is 18.7 Å². The normalized spacial score (nSPS) is 22.2. The van der Waals surface area contributed by atoms with Crippen molar-refractivity contribution in [3.8, 4) is 0 Å². The number of hydrogen-bond acceptors (Lipinski definition) is 5. The largest absolute Gasteiger partial charge is 0.481 e. The van der Waals surface area contributed by atoms with Gasteiger partial charge >= 0.3 is 13.1 Å². The minimum Gasteiger partial charge on any atom is -0.481 e. The molecule has 0 aromatic rings. The molecular weight excluding hydrogens is 287 g/mol. The smallest absolute Gasteiger partial charge is 0.478 e. The van der Waals surface area contributed by atoms with Gasteiger partial charge < -0.3 is 20.1 Å². The summed E-state index contributed by atoms with van der Waals surface area (Å²) in [4.78, 5) is 26.3. The molecule has 0 aliphatic carbocycles. The lowest BCUT2D eigenvalue weighted by Gasteiger charge is -2.30. The third-order valence-electron chi connectivity index (χ3n) is 3.16. The molecule has 0 saturated carbocycles. The Morgan fingerprint density at radius 1 is 1.50 bits per heavy atom. The molecule has 1 heterocycles. The summed E-state index contributed by atoms with van der Waals surface area (Å²) in [7, 11) is -1.20. The number of aliphatic imine (C=N–C) groups is 1. The molecule has 7 nitrogen and oxygen atoms in total. The maximum absolute atomic E-state index is 11.9. The van der Waals surface area contributed by atoms with Crippen molar-refractivity contribution in [2.45, 2.75) is 44.7 Å². The number of allylic oxidation sites excluding steroid dienone is 1. The molecule has 0 aromatic heterocycles. The van der Waals surface area contributed by atoms with Crippen LogP contribution in [0.3, 0.4) is 0 Å². The van der Waals surface area contributed by atoms with Gasteiger partial charge in [-0.1, -0.05) is 6.58 Å². The van der Waals surface area contributed by atoms with Crippen molar-refractivity contribution >= 4 is 25.2 Å². The highest BCUT2D eigenvalue weighted by Crippen LogP contribution is 2.18. The summed E-state index contributed by atoms with van der Waals surface area (Å²) >= 11 is 0. The number of amides is 1. The molecule has 0 unspecified atom stereocenters. The van der Waals surface area contributed by atoms with Crippen LogP contribution in [-0.4, -0.2) is 47.4 Å². The zero-order chi connectivity index (χ0) is 16.5. The van der Waals surface area contributed by atoms with Gasteiger partial charge in [-0.05, 0) is 31.4 Å². The Labute approximate surface area is 129 Å². The molecule has 0 bridgehead atoms. The molecule has 1 saturated heterocycles. The molecule has 120 valence electrons. The van der Waals surface area contributed by atoms with Gasteiger partial charge in [0.05, 0.1) is 24.9 Å². The van der Waals surface area contributed by atoms with Crippen molar-refractivity contribution in [3.05, 3.63) is 24.4 Å². The van der Waals surface area contributed by atoms with Crippen LogP contribution in [0.4, 0.5) is 0 Å². The molecule has 0 spiro atoms. The fourth-order valence-electron chi connectivity index (χ4n) is 2.11. The number of nitrogens with zero attached hydrogens (tertiary/aromatic N) is 1. The van der Waals surface area contributed by atoms with Gasteiger partial charge in [0, 0.05) is 12.4 Å². The molecule has 1 fully saturated rings. The number of carbonyl (C=O) groups is 2. The summed E-state index contributed by atoms with van der Waals surface area (Å²) < 4.78 is 5.20. The summed E-state index contributed by atoms with van der Waals surface area (Å²) in [5.41, 5.74) is 0.595. The Morgan fingerprint density at radius 2 is 2.23 bits per heavy atom. The zero-order valence-corrected chi connectivity index (χ0v) is 12.6. The highest BCUT2D eigenvalue weighted by Gasteiger charge is 2.36. The fourth-order valence-corrected chi connectivity index (χ4v) is 2.11. The second-order valence-electron chi connectivity index (χ2n) is 5.06. The van der Waals surface area contributed by atoms with Gasteiger partial charge in [0.2, 0.25) is 5.91 Å². The Kier molecular flexibility index (Phi) is 7.55. The monoisotopic (exact) mass is 308 g/mol. The first-order valence-corrected chi connectivity index (χ1v) is 7.09. The Bertz CT molecular complexity index is 478. The number of aliphatic carboxylic acids is 1. The molecule has 0 radical (unpaired) electrons. The van der Waals surface area contributed by atoms with Crippen LogP contribution in [-0.2, 0) is 14.2 Å². The second kappa shape index (κ2) is 9.17. The number of carboxylic acid groups (broad SMARTS) is 1. The molecule has 1 aliphatic heterocycles. The third kappa shape index (κ3) is 6.69. The van der Waals surface area contributed by atoms with Crippen LogP contribution >= 0.6 is 0 Å². The summed E-state index contributed by atoms with van der Waals surface area (Å²) in [6.45, 7) is 5.52. The topological polar surface area (TPSA) is 108 Å². The highest BCUT2D eigenvalue weighted by atomic mass is 16.5. The van der Waals surface area contributed by atoms with E-state index < -0.39 is 25.1 Å². The molecule has 2 atom stereocenters. The van der Waals surface area contributed by atoms with E-state index in [0.717, 1.165) is 0 Å². The van der Waals surface area contributed by atoms with E-state index in [4.69, 9.17) is 9.76 Å². The van der Waals surface area contributed by atoms with Gasteiger partial charge in [-0.3, -0.25) is 14.6 Å². The predicted octanol–water partition coefficient (Wildman–Crippen LogP) is 0.695. The maximum Gasteiger partial charge on any atom is 0.478 e. The van der Waals surface area contributed by atoms with Gasteiger partial charge in [-0.2, -0.15) is 0 Å². The van der Waals surface area contributed by atoms with E-state index in [2.05, 4.69) is 16.9 Å². The van der Waals surface area contributed by atoms with E-state index in [1.165, 1.54) is 0 Å². The summed E-state index contributed by atoms with van der Waals surface area (Å²) in [5, 5.41) is 21.2. The second-order valence-corrected chi connectivity index (χ2v) is 5.06. The number of hydrogen-bond donors (Lipinski definition) is 3. The van der Waals surface area contributed by atoms with Gasteiger partial charge in [-0.25, -0.2) is 0 Å². The van der Waals surface area contributed by atoms with Crippen LogP contribution in [0.15, 0.2) is 29.4 Å². The number of carbonyl (C=O) groups excluding carboxylic acids is 1. The van der Waals surface area contributed by atoms with Crippen molar-refractivity contribution in [2.24, 2.45) is 4.99 Å². The average Bonchev–Trinajstić information content (AvgIpc) is 2.41. The van der Waals surface area contributed by atoms with Crippen LogP contribution in [0.5, 0.6) is 0 Å². The van der Waals surface area contributed by atoms with Crippen LogP contribution < -0.4 is 5.32 Å². The van der Waals surface area contributed by atoms with Gasteiger partial charge in [0.25, 0.3) is 0 Å². The van der Waals surface area contributed by atoms with Crippen molar-refractivity contribution < 1.29 is 24.4 Å². The van der Waals surface area contributed by atoms with Crippen LogP contribution in [0.25, 0.3) is 0 Å². The first-order chi connectivity index (χ1) is 10.4. The predicted molar refractivity (Wildman–Crippen MR) is 83.3 cm³/mol. The zero-order valence-electron chi connectivity index (χ0n) is 12.6. The van der Waals surface area contributed by atoms with Gasteiger partial charge in [-0.15, -0.1) is 0 Å². The van der Waals surface area contributed by atoms with E-state index >= 15 is 0 Å².